The van der Waals surface area contributed by atoms with E-state index >= 15 is 0 Å². The lowest BCUT2D eigenvalue weighted by Crippen LogP contribution is -2.37. The molecular formula is C8H17S2. The van der Waals surface area contributed by atoms with Gasteiger partial charge in [-0.25, -0.2) is 0 Å². The minimum absolute atomic E-state index is 0.00627. The number of rotatable bonds is 3. The van der Waals surface area contributed by atoms with Crippen LogP contribution in [0.1, 0.15) is 34.6 Å². The third kappa shape index (κ3) is 2.75. The van der Waals surface area contributed by atoms with E-state index in [0.717, 1.165) is 5.75 Å². The van der Waals surface area contributed by atoms with Crippen LogP contribution in [0.5, 0.6) is 0 Å². The normalized spacial score (nSPS) is 13.8. The van der Waals surface area contributed by atoms with E-state index in [1.807, 2.05) is 11.8 Å². The molecule has 0 aromatic heterocycles. The van der Waals surface area contributed by atoms with Crippen LogP contribution in [0.15, 0.2) is 0 Å². The molecule has 0 spiro atoms. The molecule has 0 aliphatic rings. The van der Waals surface area contributed by atoms with Crippen LogP contribution < -0.4 is 0 Å². The Morgan fingerprint density at radius 2 is 1.60 bits per heavy atom. The van der Waals surface area contributed by atoms with E-state index in [4.69, 9.17) is 12.6 Å². The lowest BCUT2D eigenvalue weighted by Gasteiger charge is -2.36. The second-order valence-corrected chi connectivity index (χ2v) is 6.36. The van der Waals surface area contributed by atoms with Crippen LogP contribution in [-0.2, 0) is 0 Å². The predicted octanol–water partition coefficient (Wildman–Crippen LogP) is 3.49. The fourth-order valence-corrected chi connectivity index (χ4v) is 1.78. The van der Waals surface area contributed by atoms with Crippen molar-refractivity contribution in [3.05, 3.63) is 0 Å². The van der Waals surface area contributed by atoms with Crippen LogP contribution in [0, 0.1) is 0 Å². The number of hydrogen-bond acceptors (Lipinski definition) is 1. The van der Waals surface area contributed by atoms with Gasteiger partial charge >= 0.3 is 0 Å². The average Bonchev–Trinajstić information content (AvgIpc) is 1.61. The van der Waals surface area contributed by atoms with Crippen LogP contribution in [0.4, 0.5) is 0 Å². The highest BCUT2D eigenvalue weighted by Gasteiger charge is 2.34. The minimum Gasteiger partial charge on any atom is -0.155 e. The number of hydrogen-bond donors (Lipinski definition) is 0. The van der Waals surface area contributed by atoms with E-state index in [9.17, 15) is 0 Å². The van der Waals surface area contributed by atoms with Crippen molar-refractivity contribution in [3.8, 4) is 0 Å². The molecule has 0 rings (SSSR count). The average molecular weight is 177 g/mol. The van der Waals surface area contributed by atoms with Gasteiger partial charge in [0.15, 0.2) is 0 Å². The van der Waals surface area contributed by atoms with Crippen molar-refractivity contribution in [1.82, 2.24) is 0 Å². The molecule has 10 heavy (non-hydrogen) atoms. The second-order valence-electron chi connectivity index (χ2n) is 3.45. The molecule has 0 saturated carbocycles. The quantitative estimate of drug-likeness (QED) is 0.636. The third-order valence-electron chi connectivity index (χ3n) is 1.96. The van der Waals surface area contributed by atoms with Crippen LogP contribution in [0.3, 0.4) is 0 Å². The summed E-state index contributed by atoms with van der Waals surface area (Å²) >= 11 is 7.30. The summed E-state index contributed by atoms with van der Waals surface area (Å²) < 4.78 is 0.213. The van der Waals surface area contributed by atoms with Crippen molar-refractivity contribution in [1.29, 1.82) is 0 Å². The largest absolute Gasteiger partial charge is 0.155 e. The van der Waals surface area contributed by atoms with Gasteiger partial charge in [0.25, 0.3) is 0 Å². The molecule has 0 aromatic rings. The summed E-state index contributed by atoms with van der Waals surface area (Å²) in [5, 5.41) is 0. The van der Waals surface area contributed by atoms with Gasteiger partial charge in [0.05, 0.1) is 0 Å². The molecule has 2 heteroatoms. The Morgan fingerprint density at radius 1 is 1.20 bits per heavy atom. The first-order valence-electron chi connectivity index (χ1n) is 3.65. The van der Waals surface area contributed by atoms with Crippen molar-refractivity contribution in [2.24, 2.45) is 0 Å². The molecule has 0 nitrogen and oxygen atoms in total. The van der Waals surface area contributed by atoms with Crippen molar-refractivity contribution >= 4 is 24.4 Å². The maximum absolute atomic E-state index is 5.37. The maximum Gasteiger partial charge on any atom is 0.0348 e. The van der Waals surface area contributed by atoms with E-state index in [1.54, 1.807) is 0 Å². The highest BCUT2D eigenvalue weighted by atomic mass is 32.2. The van der Waals surface area contributed by atoms with Crippen molar-refractivity contribution in [2.45, 2.75) is 44.1 Å². The molecule has 0 unspecified atom stereocenters. The Morgan fingerprint density at radius 3 is 1.70 bits per heavy atom. The zero-order valence-corrected chi connectivity index (χ0v) is 9.16. The van der Waals surface area contributed by atoms with Gasteiger partial charge in [0.2, 0.25) is 0 Å². The van der Waals surface area contributed by atoms with Crippen LogP contribution in [-0.4, -0.2) is 15.2 Å². The summed E-state index contributed by atoms with van der Waals surface area (Å²) in [6.07, 6.45) is 0. The summed E-state index contributed by atoms with van der Waals surface area (Å²) in [7, 11) is 0. The molecule has 0 saturated heterocycles. The fraction of sp³-hybridized carbons (Fsp3) is 1.00. The molecular weight excluding hydrogens is 160 g/mol. The predicted molar refractivity (Wildman–Crippen MR) is 53.9 cm³/mol. The Balaban J connectivity index is 4.10. The van der Waals surface area contributed by atoms with Crippen molar-refractivity contribution in [2.75, 3.05) is 5.75 Å². The summed E-state index contributed by atoms with van der Waals surface area (Å²) in [6, 6.07) is 0. The highest BCUT2D eigenvalue weighted by Crippen LogP contribution is 2.38. The summed E-state index contributed by atoms with van der Waals surface area (Å²) in [5.41, 5.74) is 0. The Hall–Kier alpha value is 0.700. The van der Waals surface area contributed by atoms with Gasteiger partial charge in [-0.1, -0.05) is 19.6 Å². The Kier molecular flexibility index (Phi) is 3.64. The standard InChI is InChI=1S/C8H17S2/c1-6-10-8(4,5)7(2,3)9/h6H2,1-5H3. The third-order valence-corrected chi connectivity index (χ3v) is 4.12. The molecule has 0 fully saturated rings. The molecule has 0 heterocycles. The molecule has 61 valence electrons. The lowest BCUT2D eigenvalue weighted by atomic mass is 9.98. The smallest absolute Gasteiger partial charge is 0.0348 e. The molecule has 1 radical (unpaired) electrons. The summed E-state index contributed by atoms with van der Waals surface area (Å²) in [4.78, 5) is 0. The van der Waals surface area contributed by atoms with Crippen LogP contribution in [0.2, 0.25) is 0 Å². The van der Waals surface area contributed by atoms with Gasteiger partial charge in [-0.05, 0) is 33.4 Å². The van der Waals surface area contributed by atoms with Gasteiger partial charge in [-0.15, -0.1) is 0 Å². The molecule has 0 amide bonds. The maximum atomic E-state index is 5.37. The van der Waals surface area contributed by atoms with E-state index in [2.05, 4.69) is 34.6 Å². The molecule has 0 aliphatic heterocycles. The van der Waals surface area contributed by atoms with Crippen LogP contribution in [0.25, 0.3) is 0 Å². The highest BCUT2D eigenvalue weighted by molar-refractivity contribution is 8.01. The SMILES string of the molecule is CCSC(C)(C)C(C)(C)[S]. The zero-order chi connectivity index (χ0) is 8.41. The van der Waals surface area contributed by atoms with Crippen LogP contribution >= 0.6 is 24.4 Å². The van der Waals surface area contributed by atoms with Crippen molar-refractivity contribution < 1.29 is 0 Å². The Labute approximate surface area is 74.6 Å². The number of thioether (sulfide) groups is 1. The summed E-state index contributed by atoms with van der Waals surface area (Å²) in [6.45, 7) is 10.8. The first kappa shape index (κ1) is 10.7. The molecule has 0 N–H and O–H groups in total. The first-order valence-corrected chi connectivity index (χ1v) is 5.05. The summed E-state index contributed by atoms with van der Waals surface area (Å²) in [5.74, 6) is 1.15. The topological polar surface area (TPSA) is 0 Å². The minimum atomic E-state index is -0.00627. The van der Waals surface area contributed by atoms with Gasteiger partial charge in [-0.3, -0.25) is 0 Å². The fourth-order valence-electron chi connectivity index (χ4n) is 0.535. The van der Waals surface area contributed by atoms with E-state index in [0.29, 0.717) is 0 Å². The molecule has 0 aliphatic carbocycles. The van der Waals surface area contributed by atoms with E-state index < -0.39 is 0 Å². The first-order chi connectivity index (χ1) is 4.31. The Bertz CT molecular complexity index is 100. The molecule has 0 aromatic carbocycles. The van der Waals surface area contributed by atoms with E-state index in [1.165, 1.54) is 0 Å². The zero-order valence-electron chi connectivity index (χ0n) is 7.52. The van der Waals surface area contributed by atoms with Gasteiger partial charge in [0, 0.05) is 9.49 Å². The van der Waals surface area contributed by atoms with E-state index in [-0.39, 0.29) is 9.49 Å². The molecule has 0 atom stereocenters. The monoisotopic (exact) mass is 177 g/mol. The van der Waals surface area contributed by atoms with Gasteiger partial charge < -0.3 is 0 Å². The van der Waals surface area contributed by atoms with Gasteiger partial charge in [0.1, 0.15) is 0 Å². The van der Waals surface area contributed by atoms with Gasteiger partial charge in [-0.2, -0.15) is 11.8 Å². The second kappa shape index (κ2) is 3.40. The van der Waals surface area contributed by atoms with Crippen molar-refractivity contribution in [3.63, 3.8) is 0 Å². The molecule has 0 bridgehead atoms. The lowest BCUT2D eigenvalue weighted by molar-refractivity contribution is 0.557.